The van der Waals surface area contributed by atoms with E-state index < -0.39 is 0 Å². The number of nitrogen functional groups attached to an aromatic ring is 2. The van der Waals surface area contributed by atoms with Gasteiger partial charge in [-0.25, -0.2) is 0 Å². The fraction of sp³-hybridized carbons (Fsp3) is 0. The highest BCUT2D eigenvalue weighted by atomic mass is 35.5. The Kier molecular flexibility index (Phi) is 3.53. The van der Waals surface area contributed by atoms with Crippen LogP contribution >= 0.6 is 11.6 Å². The molecule has 0 spiro atoms. The molecule has 0 atom stereocenters. The van der Waals surface area contributed by atoms with Gasteiger partial charge in [-0.15, -0.1) is 0 Å². The summed E-state index contributed by atoms with van der Waals surface area (Å²) in [6.45, 7) is 0. The van der Waals surface area contributed by atoms with Crippen molar-refractivity contribution in [1.29, 1.82) is 0 Å². The first-order valence-corrected chi connectivity index (χ1v) is 5.85. The van der Waals surface area contributed by atoms with Crippen LogP contribution in [-0.2, 0) is 0 Å². The number of anilines is 2. The molecule has 4 N–H and O–H groups in total. The molecule has 0 aromatic heterocycles. The maximum atomic E-state index is 11.3. The standard InChI is InChI=1S/C14H11ClN2O2/c15-12-10(7-19)9(6-18)11(13(16)14(12)17)8-4-2-1-3-5-8/h1-7H,16-17H2. The lowest BCUT2D eigenvalue weighted by molar-refractivity contribution is 0.109. The van der Waals surface area contributed by atoms with Crippen molar-refractivity contribution in [2.24, 2.45) is 0 Å². The van der Waals surface area contributed by atoms with Crippen molar-refractivity contribution >= 4 is 35.5 Å². The van der Waals surface area contributed by atoms with Crippen molar-refractivity contribution in [3.8, 4) is 11.1 Å². The van der Waals surface area contributed by atoms with E-state index >= 15 is 0 Å². The molecule has 4 nitrogen and oxygen atoms in total. The summed E-state index contributed by atoms with van der Waals surface area (Å²) >= 11 is 5.95. The molecule has 0 fully saturated rings. The van der Waals surface area contributed by atoms with Crippen LogP contribution in [0.3, 0.4) is 0 Å². The Balaban J connectivity index is 2.91. The normalized spacial score (nSPS) is 10.2. The minimum absolute atomic E-state index is 0.00859. The fourth-order valence-corrected chi connectivity index (χ4v) is 2.20. The van der Waals surface area contributed by atoms with Crippen LogP contribution in [0.25, 0.3) is 11.1 Å². The highest BCUT2D eigenvalue weighted by Crippen LogP contribution is 2.40. The topological polar surface area (TPSA) is 86.2 Å². The summed E-state index contributed by atoms with van der Waals surface area (Å²) in [4.78, 5) is 22.4. The maximum Gasteiger partial charge on any atom is 0.152 e. The summed E-state index contributed by atoms with van der Waals surface area (Å²) in [5.74, 6) is 0. The van der Waals surface area contributed by atoms with Gasteiger partial charge in [-0.3, -0.25) is 9.59 Å². The molecule has 0 saturated heterocycles. The third kappa shape index (κ3) is 2.06. The molecule has 0 saturated carbocycles. The number of carbonyl (C=O) groups is 2. The lowest BCUT2D eigenvalue weighted by Crippen LogP contribution is -2.06. The number of nitrogens with two attached hydrogens (primary N) is 2. The highest BCUT2D eigenvalue weighted by Gasteiger charge is 2.20. The number of carbonyl (C=O) groups excluding carboxylic acids is 2. The molecule has 0 amide bonds. The van der Waals surface area contributed by atoms with Gasteiger partial charge in [0, 0.05) is 16.7 Å². The molecule has 0 bridgehead atoms. The second-order valence-corrected chi connectivity index (χ2v) is 4.32. The van der Waals surface area contributed by atoms with Crippen LogP contribution in [0.2, 0.25) is 5.02 Å². The smallest absolute Gasteiger partial charge is 0.152 e. The largest absolute Gasteiger partial charge is 0.396 e. The Morgan fingerprint density at radius 1 is 0.895 bits per heavy atom. The molecule has 2 rings (SSSR count). The number of rotatable bonds is 3. The number of aldehydes is 2. The van der Waals surface area contributed by atoms with E-state index in [0.717, 1.165) is 0 Å². The molecule has 2 aromatic rings. The van der Waals surface area contributed by atoms with Crippen molar-refractivity contribution in [2.75, 3.05) is 11.5 Å². The van der Waals surface area contributed by atoms with Gasteiger partial charge in [0.15, 0.2) is 12.6 Å². The van der Waals surface area contributed by atoms with Gasteiger partial charge < -0.3 is 11.5 Å². The van der Waals surface area contributed by atoms with Crippen molar-refractivity contribution in [3.05, 3.63) is 46.5 Å². The molecule has 0 heterocycles. The van der Waals surface area contributed by atoms with Crippen LogP contribution in [0.15, 0.2) is 30.3 Å². The van der Waals surface area contributed by atoms with Crippen LogP contribution in [0.4, 0.5) is 11.4 Å². The zero-order valence-corrected chi connectivity index (χ0v) is 10.6. The van der Waals surface area contributed by atoms with Gasteiger partial charge in [-0.2, -0.15) is 0 Å². The Morgan fingerprint density at radius 2 is 1.47 bits per heavy atom. The molecule has 5 heteroatoms. The zero-order valence-electron chi connectivity index (χ0n) is 9.89. The molecular weight excluding hydrogens is 264 g/mol. The number of benzene rings is 2. The van der Waals surface area contributed by atoms with Gasteiger partial charge in [-0.1, -0.05) is 41.9 Å². The second kappa shape index (κ2) is 5.12. The van der Waals surface area contributed by atoms with E-state index in [0.29, 0.717) is 23.7 Å². The molecular formula is C14H11ClN2O2. The minimum atomic E-state index is 0.00859. The Labute approximate surface area is 115 Å². The Morgan fingerprint density at radius 3 is 2.00 bits per heavy atom. The molecule has 0 aliphatic carbocycles. The SMILES string of the molecule is Nc1c(N)c(-c2ccccc2)c(C=O)c(C=O)c1Cl. The van der Waals surface area contributed by atoms with Crippen molar-refractivity contribution in [2.45, 2.75) is 0 Å². The third-order valence-electron chi connectivity index (χ3n) is 2.89. The van der Waals surface area contributed by atoms with E-state index in [1.807, 2.05) is 6.07 Å². The second-order valence-electron chi connectivity index (χ2n) is 3.95. The van der Waals surface area contributed by atoms with E-state index in [1.165, 1.54) is 0 Å². The summed E-state index contributed by atoms with van der Waals surface area (Å²) in [6, 6.07) is 8.99. The van der Waals surface area contributed by atoms with E-state index in [1.54, 1.807) is 24.3 Å². The molecule has 0 aliphatic rings. The van der Waals surface area contributed by atoms with Gasteiger partial charge in [0.05, 0.1) is 16.4 Å². The average molecular weight is 275 g/mol. The monoisotopic (exact) mass is 274 g/mol. The van der Waals surface area contributed by atoms with Crippen molar-refractivity contribution < 1.29 is 9.59 Å². The summed E-state index contributed by atoms with van der Waals surface area (Å²) in [7, 11) is 0. The summed E-state index contributed by atoms with van der Waals surface area (Å²) in [5, 5.41) is 0.00859. The Hall–Kier alpha value is -2.33. The number of hydrogen-bond acceptors (Lipinski definition) is 4. The first-order chi connectivity index (χ1) is 9.11. The van der Waals surface area contributed by atoms with Gasteiger partial charge in [0.25, 0.3) is 0 Å². The van der Waals surface area contributed by atoms with E-state index in [2.05, 4.69) is 0 Å². The van der Waals surface area contributed by atoms with Gasteiger partial charge in [-0.05, 0) is 5.56 Å². The molecule has 2 aromatic carbocycles. The van der Waals surface area contributed by atoms with E-state index in [9.17, 15) is 9.59 Å². The Bertz CT molecular complexity index is 654. The van der Waals surface area contributed by atoms with E-state index in [4.69, 9.17) is 23.1 Å². The number of halogens is 1. The lowest BCUT2D eigenvalue weighted by Gasteiger charge is -2.15. The predicted octanol–water partition coefficient (Wildman–Crippen LogP) is 2.80. The quantitative estimate of drug-likeness (QED) is 0.665. The van der Waals surface area contributed by atoms with Gasteiger partial charge in [0.2, 0.25) is 0 Å². The van der Waals surface area contributed by atoms with Crippen molar-refractivity contribution in [1.82, 2.24) is 0 Å². The van der Waals surface area contributed by atoms with Gasteiger partial charge >= 0.3 is 0 Å². The van der Waals surface area contributed by atoms with Crippen LogP contribution in [0.5, 0.6) is 0 Å². The summed E-state index contributed by atoms with van der Waals surface area (Å²) in [5.41, 5.74) is 13.4. The van der Waals surface area contributed by atoms with Crippen molar-refractivity contribution in [3.63, 3.8) is 0 Å². The highest BCUT2D eigenvalue weighted by molar-refractivity contribution is 6.37. The van der Waals surface area contributed by atoms with Crippen LogP contribution in [-0.4, -0.2) is 12.6 Å². The summed E-state index contributed by atoms with van der Waals surface area (Å²) < 4.78 is 0. The fourth-order valence-electron chi connectivity index (χ4n) is 1.95. The molecule has 19 heavy (non-hydrogen) atoms. The lowest BCUT2D eigenvalue weighted by atomic mass is 9.93. The predicted molar refractivity (Wildman–Crippen MR) is 76.5 cm³/mol. The average Bonchev–Trinajstić information content (AvgIpc) is 2.45. The molecule has 96 valence electrons. The third-order valence-corrected chi connectivity index (χ3v) is 3.30. The first kappa shape index (κ1) is 13.1. The number of hydrogen-bond donors (Lipinski definition) is 2. The molecule has 0 unspecified atom stereocenters. The summed E-state index contributed by atoms with van der Waals surface area (Å²) in [6.07, 6.45) is 1.07. The van der Waals surface area contributed by atoms with Crippen LogP contribution in [0.1, 0.15) is 20.7 Å². The van der Waals surface area contributed by atoms with Crippen LogP contribution < -0.4 is 11.5 Å². The minimum Gasteiger partial charge on any atom is -0.396 e. The van der Waals surface area contributed by atoms with Crippen LogP contribution in [0, 0.1) is 0 Å². The first-order valence-electron chi connectivity index (χ1n) is 5.48. The maximum absolute atomic E-state index is 11.3. The molecule has 0 aliphatic heterocycles. The van der Waals surface area contributed by atoms with E-state index in [-0.39, 0.29) is 27.5 Å². The molecule has 0 radical (unpaired) electrons. The zero-order chi connectivity index (χ0) is 14.0. The van der Waals surface area contributed by atoms with Gasteiger partial charge in [0.1, 0.15) is 0 Å².